The first kappa shape index (κ1) is 15.6. The van der Waals surface area contributed by atoms with Crippen LogP contribution in [0.5, 0.6) is 0 Å². The van der Waals surface area contributed by atoms with E-state index in [1.165, 1.54) is 9.96 Å². The summed E-state index contributed by atoms with van der Waals surface area (Å²) >= 11 is 5.98. The Morgan fingerprint density at radius 2 is 1.78 bits per heavy atom. The summed E-state index contributed by atoms with van der Waals surface area (Å²) in [5.74, 6) is -1.03. The van der Waals surface area contributed by atoms with Crippen molar-refractivity contribution in [2.24, 2.45) is 0 Å². The molecule has 0 fully saturated rings. The van der Waals surface area contributed by atoms with E-state index in [4.69, 9.17) is 11.6 Å². The summed E-state index contributed by atoms with van der Waals surface area (Å²) in [6, 6.07) is 11.3. The number of carbonyl (C=O) groups is 1. The van der Waals surface area contributed by atoms with Gasteiger partial charge in [0.15, 0.2) is 5.69 Å². The third-order valence-electron chi connectivity index (χ3n) is 3.81. The Kier molecular flexibility index (Phi) is 3.65. The molecular weight excluding hydrogens is 312 g/mol. The number of fused-ring (bicyclic) bond motifs is 1. The van der Waals surface area contributed by atoms with Crippen molar-refractivity contribution in [1.82, 2.24) is 9.38 Å². The number of benzene rings is 1. The highest BCUT2D eigenvalue weighted by molar-refractivity contribution is 6.30. The van der Waals surface area contributed by atoms with Crippen LogP contribution in [-0.2, 0) is 5.41 Å². The fourth-order valence-corrected chi connectivity index (χ4v) is 2.71. The van der Waals surface area contributed by atoms with E-state index in [9.17, 15) is 9.90 Å². The lowest BCUT2D eigenvalue weighted by Gasteiger charge is -2.19. The summed E-state index contributed by atoms with van der Waals surface area (Å²) in [5, 5.41) is 10.0. The molecule has 4 nitrogen and oxygen atoms in total. The number of carboxylic acids is 1. The number of hydrogen-bond acceptors (Lipinski definition) is 2. The van der Waals surface area contributed by atoms with Gasteiger partial charge in [-0.05, 0) is 23.1 Å². The molecule has 0 unspecified atom stereocenters. The molecule has 3 aromatic rings. The molecule has 0 aliphatic carbocycles. The van der Waals surface area contributed by atoms with Crippen LogP contribution in [0.25, 0.3) is 16.9 Å². The summed E-state index contributed by atoms with van der Waals surface area (Å²) in [7, 11) is 0. The summed E-state index contributed by atoms with van der Waals surface area (Å²) in [6.45, 7) is 6.41. The van der Waals surface area contributed by atoms with Crippen LogP contribution >= 0.6 is 11.6 Å². The molecule has 2 heterocycles. The lowest BCUT2D eigenvalue weighted by molar-refractivity contribution is 0.0690. The molecule has 23 heavy (non-hydrogen) atoms. The number of rotatable bonds is 2. The van der Waals surface area contributed by atoms with Gasteiger partial charge >= 0.3 is 5.97 Å². The van der Waals surface area contributed by atoms with E-state index in [-0.39, 0.29) is 11.1 Å². The fraction of sp³-hybridized carbons (Fsp3) is 0.222. The minimum atomic E-state index is -1.03. The quantitative estimate of drug-likeness (QED) is 0.745. The zero-order valence-electron chi connectivity index (χ0n) is 13.2. The van der Waals surface area contributed by atoms with Crippen molar-refractivity contribution in [2.75, 3.05) is 0 Å². The van der Waals surface area contributed by atoms with E-state index in [1.54, 1.807) is 18.3 Å². The first-order valence-electron chi connectivity index (χ1n) is 7.29. The van der Waals surface area contributed by atoms with Crippen LogP contribution in [0.2, 0.25) is 5.02 Å². The van der Waals surface area contributed by atoms with Gasteiger partial charge in [0.2, 0.25) is 0 Å². The highest BCUT2D eigenvalue weighted by Crippen LogP contribution is 2.29. The minimum Gasteiger partial charge on any atom is -0.476 e. The molecule has 0 bridgehead atoms. The number of halogens is 1. The molecule has 0 radical (unpaired) electrons. The Morgan fingerprint density at radius 1 is 1.13 bits per heavy atom. The Labute approximate surface area is 139 Å². The predicted molar refractivity (Wildman–Crippen MR) is 91.3 cm³/mol. The van der Waals surface area contributed by atoms with Gasteiger partial charge in [0.25, 0.3) is 0 Å². The highest BCUT2D eigenvalue weighted by Gasteiger charge is 2.21. The van der Waals surface area contributed by atoms with Gasteiger partial charge < -0.3 is 5.11 Å². The molecular formula is C18H17ClN2O2. The average Bonchev–Trinajstić information content (AvgIpc) is 2.85. The van der Waals surface area contributed by atoms with Crippen LogP contribution in [0.15, 0.2) is 42.6 Å². The molecule has 1 aromatic carbocycles. The normalized spacial score (nSPS) is 11.8. The second-order valence-corrected chi connectivity index (χ2v) is 6.95. The molecule has 1 N–H and O–H groups in total. The highest BCUT2D eigenvalue weighted by atomic mass is 35.5. The van der Waals surface area contributed by atoms with Crippen molar-refractivity contribution in [1.29, 1.82) is 0 Å². The molecule has 0 aliphatic rings. The second-order valence-electron chi connectivity index (χ2n) is 6.52. The van der Waals surface area contributed by atoms with Crippen molar-refractivity contribution in [2.45, 2.75) is 26.2 Å². The van der Waals surface area contributed by atoms with Gasteiger partial charge in [-0.3, -0.25) is 4.40 Å². The lowest BCUT2D eigenvalue weighted by atomic mass is 9.86. The second kappa shape index (κ2) is 5.39. The van der Waals surface area contributed by atoms with Crippen LogP contribution < -0.4 is 0 Å². The Balaban J connectivity index is 2.19. The van der Waals surface area contributed by atoms with Gasteiger partial charge in [0, 0.05) is 11.8 Å². The summed E-state index contributed by atoms with van der Waals surface area (Å²) < 4.78 is 1.51. The molecule has 118 valence electrons. The lowest BCUT2D eigenvalue weighted by Crippen LogP contribution is -2.10. The van der Waals surface area contributed by atoms with E-state index in [1.807, 2.05) is 24.3 Å². The smallest absolute Gasteiger partial charge is 0.355 e. The van der Waals surface area contributed by atoms with Crippen LogP contribution in [-0.4, -0.2) is 20.5 Å². The Morgan fingerprint density at radius 3 is 2.35 bits per heavy atom. The van der Waals surface area contributed by atoms with Crippen molar-refractivity contribution in [3.05, 3.63) is 58.9 Å². The number of hydrogen-bond donors (Lipinski definition) is 1. The van der Waals surface area contributed by atoms with Gasteiger partial charge in [-0.1, -0.05) is 56.6 Å². The molecule has 2 aromatic heterocycles. The molecule has 0 amide bonds. The number of pyridine rings is 1. The molecule has 5 heteroatoms. The third-order valence-corrected chi connectivity index (χ3v) is 4.03. The van der Waals surface area contributed by atoms with Crippen LogP contribution in [0, 0.1) is 0 Å². The number of aromatic nitrogens is 2. The predicted octanol–water partition coefficient (Wildman–Crippen LogP) is 4.65. The number of nitrogens with zero attached hydrogens (tertiary/aromatic N) is 2. The van der Waals surface area contributed by atoms with Gasteiger partial charge in [0.1, 0.15) is 11.3 Å². The SMILES string of the molecule is CC(C)(C)c1ccc(-c2nc3ccc(Cl)cn3c2C(=O)O)cc1. The molecule has 0 saturated carbocycles. The first-order chi connectivity index (χ1) is 10.8. The maximum atomic E-state index is 11.7. The topological polar surface area (TPSA) is 54.6 Å². The maximum Gasteiger partial charge on any atom is 0.355 e. The number of aromatic carboxylic acids is 1. The molecule has 0 spiro atoms. The minimum absolute atomic E-state index is 0.0423. The molecule has 0 aliphatic heterocycles. The van der Waals surface area contributed by atoms with Crippen molar-refractivity contribution in [3.8, 4) is 11.3 Å². The Hall–Kier alpha value is -2.33. The van der Waals surface area contributed by atoms with E-state index in [0.717, 1.165) is 5.56 Å². The Bertz CT molecular complexity index is 890. The van der Waals surface area contributed by atoms with Crippen molar-refractivity contribution < 1.29 is 9.90 Å². The van der Waals surface area contributed by atoms with Crippen LogP contribution in [0.3, 0.4) is 0 Å². The number of imidazole rings is 1. The van der Waals surface area contributed by atoms with E-state index < -0.39 is 5.97 Å². The zero-order chi connectivity index (χ0) is 16.8. The summed E-state index contributed by atoms with van der Waals surface area (Å²) in [5.41, 5.74) is 3.12. The molecule has 0 saturated heterocycles. The standard InChI is InChI=1S/C18H17ClN2O2/c1-18(2,3)12-6-4-11(5-7-12)15-16(17(22)23)21-10-13(19)8-9-14(21)20-15/h4-10H,1-3H3,(H,22,23). The average molecular weight is 329 g/mol. The monoisotopic (exact) mass is 328 g/mol. The van der Waals surface area contributed by atoms with Crippen molar-refractivity contribution >= 4 is 23.2 Å². The fourth-order valence-electron chi connectivity index (χ4n) is 2.55. The van der Waals surface area contributed by atoms with Crippen LogP contribution in [0.4, 0.5) is 0 Å². The zero-order valence-corrected chi connectivity index (χ0v) is 13.9. The summed E-state index contributed by atoms with van der Waals surface area (Å²) in [4.78, 5) is 16.2. The van der Waals surface area contributed by atoms with E-state index in [0.29, 0.717) is 16.4 Å². The van der Waals surface area contributed by atoms with E-state index in [2.05, 4.69) is 25.8 Å². The number of carboxylic acid groups (broad SMARTS) is 1. The van der Waals surface area contributed by atoms with Crippen molar-refractivity contribution in [3.63, 3.8) is 0 Å². The van der Waals surface area contributed by atoms with Crippen LogP contribution in [0.1, 0.15) is 36.8 Å². The largest absolute Gasteiger partial charge is 0.476 e. The van der Waals surface area contributed by atoms with Gasteiger partial charge in [0.05, 0.1) is 5.02 Å². The van der Waals surface area contributed by atoms with Gasteiger partial charge in [-0.2, -0.15) is 0 Å². The first-order valence-corrected chi connectivity index (χ1v) is 7.67. The molecule has 0 atom stereocenters. The maximum absolute atomic E-state index is 11.7. The van der Waals surface area contributed by atoms with Gasteiger partial charge in [-0.25, -0.2) is 9.78 Å². The molecule has 3 rings (SSSR count). The van der Waals surface area contributed by atoms with Gasteiger partial charge in [-0.15, -0.1) is 0 Å². The summed E-state index contributed by atoms with van der Waals surface area (Å²) in [6.07, 6.45) is 1.57. The third kappa shape index (κ3) is 2.82. The van der Waals surface area contributed by atoms with E-state index >= 15 is 0 Å².